The number of aromatic amines is 2. The van der Waals surface area contributed by atoms with Crippen LogP contribution in [0.2, 0.25) is 0 Å². The molecule has 6 heterocycles. The Bertz CT molecular complexity index is 1840. The van der Waals surface area contributed by atoms with E-state index in [4.69, 9.17) is 0 Å². The van der Waals surface area contributed by atoms with Gasteiger partial charge in [0, 0.05) is 77.3 Å². The zero-order valence-electron chi connectivity index (χ0n) is 20.6. The van der Waals surface area contributed by atoms with Crippen LogP contribution in [0.15, 0.2) is 73.3 Å². The highest BCUT2D eigenvalue weighted by Crippen LogP contribution is 2.34. The van der Waals surface area contributed by atoms with E-state index in [0.29, 0.717) is 30.0 Å². The van der Waals surface area contributed by atoms with Crippen molar-refractivity contribution in [1.82, 2.24) is 35.0 Å². The predicted molar refractivity (Wildman–Crippen MR) is 142 cm³/mol. The van der Waals surface area contributed by atoms with Gasteiger partial charge in [-0.15, -0.1) is 0 Å². The van der Waals surface area contributed by atoms with Crippen LogP contribution in [0.5, 0.6) is 0 Å². The Morgan fingerprint density at radius 1 is 0.923 bits per heavy atom. The number of H-pyrrole nitrogens is 2. The second-order valence-electron chi connectivity index (χ2n) is 9.91. The lowest BCUT2D eigenvalue weighted by Gasteiger charge is -2.15. The monoisotopic (exact) mass is 525 g/mol. The summed E-state index contributed by atoms with van der Waals surface area (Å²) < 4.78 is 41.2. The van der Waals surface area contributed by atoms with E-state index in [-0.39, 0.29) is 18.8 Å². The largest absolute Gasteiger partial charge is 0.353 e. The Balaban J connectivity index is 1.25. The van der Waals surface area contributed by atoms with Gasteiger partial charge < -0.3 is 4.98 Å². The highest BCUT2D eigenvalue weighted by molar-refractivity contribution is 5.99. The van der Waals surface area contributed by atoms with Gasteiger partial charge in [-0.1, -0.05) is 12.1 Å². The maximum Gasteiger partial charge on any atom is 0.261 e. The predicted octanol–water partition coefficient (Wildman–Crippen LogP) is 6.21. The van der Waals surface area contributed by atoms with Crippen LogP contribution in [-0.4, -0.2) is 54.0 Å². The van der Waals surface area contributed by atoms with Gasteiger partial charge in [0.15, 0.2) is 5.65 Å². The average Bonchev–Trinajstić information content (AvgIpc) is 3.64. The lowest BCUT2D eigenvalue weighted by atomic mass is 10.1. The summed E-state index contributed by atoms with van der Waals surface area (Å²) in [5.41, 5.74) is 6.87. The number of halogens is 3. The van der Waals surface area contributed by atoms with Crippen molar-refractivity contribution in [2.45, 2.75) is 18.9 Å². The quantitative estimate of drug-likeness (QED) is 0.280. The zero-order chi connectivity index (χ0) is 26.6. The minimum Gasteiger partial charge on any atom is -0.353 e. The Kier molecular flexibility index (Phi) is 5.44. The molecular weight excluding hydrogens is 503 g/mol. The SMILES string of the molecule is Fc1cccc(-c2nccc3[nH]c(-c4[nH]nc5ncc(-c6cncc(CN7CCC(F)(F)C7)c6)cc45)cc23)c1. The number of alkyl halides is 2. The zero-order valence-corrected chi connectivity index (χ0v) is 20.6. The van der Waals surface area contributed by atoms with Crippen LogP contribution in [0.4, 0.5) is 13.2 Å². The van der Waals surface area contributed by atoms with E-state index in [1.54, 1.807) is 35.8 Å². The minimum atomic E-state index is -2.63. The first-order valence-corrected chi connectivity index (χ1v) is 12.5. The van der Waals surface area contributed by atoms with Gasteiger partial charge in [-0.2, -0.15) is 5.10 Å². The van der Waals surface area contributed by atoms with Crippen molar-refractivity contribution in [3.63, 3.8) is 0 Å². The molecule has 6 aromatic rings. The van der Waals surface area contributed by atoms with Gasteiger partial charge in [-0.05, 0) is 42.0 Å². The van der Waals surface area contributed by atoms with Crippen LogP contribution in [-0.2, 0) is 6.54 Å². The van der Waals surface area contributed by atoms with Crippen molar-refractivity contribution < 1.29 is 13.2 Å². The summed E-state index contributed by atoms with van der Waals surface area (Å²) in [5, 5.41) is 9.13. The smallest absolute Gasteiger partial charge is 0.261 e. The van der Waals surface area contributed by atoms with Crippen molar-refractivity contribution in [1.29, 1.82) is 0 Å². The molecule has 0 aliphatic carbocycles. The van der Waals surface area contributed by atoms with Gasteiger partial charge >= 0.3 is 0 Å². The van der Waals surface area contributed by atoms with Crippen LogP contribution in [0, 0.1) is 5.82 Å². The number of nitrogens with zero attached hydrogens (tertiary/aromatic N) is 5. The number of aromatic nitrogens is 6. The van der Waals surface area contributed by atoms with Crippen molar-refractivity contribution in [3.05, 3.63) is 84.7 Å². The molecule has 2 N–H and O–H groups in total. The van der Waals surface area contributed by atoms with Crippen molar-refractivity contribution in [2.75, 3.05) is 13.1 Å². The first-order valence-electron chi connectivity index (χ1n) is 12.5. The Morgan fingerprint density at radius 2 is 1.82 bits per heavy atom. The van der Waals surface area contributed by atoms with Gasteiger partial charge in [-0.3, -0.25) is 20.0 Å². The van der Waals surface area contributed by atoms with E-state index in [1.165, 1.54) is 12.1 Å². The fraction of sp³-hybridized carbons (Fsp3) is 0.172. The number of benzene rings is 1. The first kappa shape index (κ1) is 23.5. The molecular formula is C29H22F3N7. The molecule has 0 unspecified atom stereocenters. The van der Waals surface area contributed by atoms with Gasteiger partial charge in [0.05, 0.1) is 23.6 Å². The maximum absolute atomic E-state index is 13.9. The Morgan fingerprint density at radius 3 is 2.67 bits per heavy atom. The van der Waals surface area contributed by atoms with E-state index in [0.717, 1.165) is 44.4 Å². The molecule has 1 aliphatic heterocycles. The number of hydrogen-bond donors (Lipinski definition) is 2. The van der Waals surface area contributed by atoms with E-state index in [9.17, 15) is 13.2 Å². The van der Waals surface area contributed by atoms with Crippen molar-refractivity contribution in [2.24, 2.45) is 0 Å². The number of rotatable bonds is 5. The van der Waals surface area contributed by atoms with Gasteiger partial charge in [0.25, 0.3) is 5.92 Å². The molecule has 194 valence electrons. The fourth-order valence-corrected chi connectivity index (χ4v) is 5.25. The number of likely N-dealkylation sites (tertiary alicyclic amines) is 1. The molecule has 1 fully saturated rings. The van der Waals surface area contributed by atoms with Crippen molar-refractivity contribution in [3.8, 4) is 33.8 Å². The number of fused-ring (bicyclic) bond motifs is 2. The normalized spacial score (nSPS) is 15.5. The summed E-state index contributed by atoms with van der Waals surface area (Å²) >= 11 is 0. The summed E-state index contributed by atoms with van der Waals surface area (Å²) in [5.74, 6) is -2.95. The number of nitrogens with one attached hydrogen (secondary N) is 2. The first-order chi connectivity index (χ1) is 18.9. The molecule has 1 saturated heterocycles. The van der Waals surface area contributed by atoms with Crippen LogP contribution >= 0.6 is 0 Å². The lowest BCUT2D eigenvalue weighted by molar-refractivity contribution is 0.0115. The van der Waals surface area contributed by atoms with Gasteiger partial charge in [-0.25, -0.2) is 18.2 Å². The third kappa shape index (κ3) is 4.42. The average molecular weight is 526 g/mol. The number of pyridine rings is 3. The lowest BCUT2D eigenvalue weighted by Crippen LogP contribution is -2.24. The highest BCUT2D eigenvalue weighted by atomic mass is 19.3. The number of hydrogen-bond acceptors (Lipinski definition) is 5. The molecule has 0 atom stereocenters. The van der Waals surface area contributed by atoms with Crippen LogP contribution in [0.1, 0.15) is 12.0 Å². The molecule has 7 rings (SSSR count). The second-order valence-corrected chi connectivity index (χ2v) is 9.91. The molecule has 0 spiro atoms. The topological polar surface area (TPSA) is 86.4 Å². The van der Waals surface area contributed by atoms with E-state index in [2.05, 4.69) is 30.1 Å². The van der Waals surface area contributed by atoms with Crippen LogP contribution in [0.25, 0.3) is 55.7 Å². The second kappa shape index (κ2) is 9.02. The summed E-state index contributed by atoms with van der Waals surface area (Å²) in [6, 6.07) is 14.2. The Labute approximate surface area is 220 Å². The fourth-order valence-electron chi connectivity index (χ4n) is 5.25. The summed E-state index contributed by atoms with van der Waals surface area (Å²) in [4.78, 5) is 18.6. The van der Waals surface area contributed by atoms with E-state index in [1.807, 2.05) is 30.3 Å². The molecule has 10 heteroatoms. The Hall–Kier alpha value is -4.57. The van der Waals surface area contributed by atoms with Gasteiger partial charge in [0.2, 0.25) is 0 Å². The maximum atomic E-state index is 13.9. The molecule has 7 nitrogen and oxygen atoms in total. The minimum absolute atomic E-state index is 0.114. The molecule has 1 aromatic carbocycles. The molecule has 39 heavy (non-hydrogen) atoms. The molecule has 5 aromatic heterocycles. The standard InChI is InChI=1S/C29H22F3N7/c30-21-3-1-2-18(9-21)26-22-11-25(36-24(22)4-6-34-26)27-23-10-20(14-35-28(23)38-37-27)19-8-17(12-33-13-19)15-39-7-5-29(31,32)16-39/h1-4,6,8-14,36H,5,7,15-16H2,(H,35,37,38). The van der Waals surface area contributed by atoms with Crippen LogP contribution < -0.4 is 0 Å². The third-order valence-corrected chi connectivity index (χ3v) is 7.11. The molecule has 0 amide bonds. The summed E-state index contributed by atoms with van der Waals surface area (Å²) in [7, 11) is 0. The van der Waals surface area contributed by atoms with E-state index < -0.39 is 5.92 Å². The highest BCUT2D eigenvalue weighted by Gasteiger charge is 2.37. The van der Waals surface area contributed by atoms with Crippen LogP contribution in [0.3, 0.4) is 0 Å². The molecule has 0 saturated carbocycles. The molecule has 1 aliphatic rings. The van der Waals surface area contributed by atoms with Crippen molar-refractivity contribution >= 4 is 21.9 Å². The summed E-state index contributed by atoms with van der Waals surface area (Å²) in [6.07, 6.45) is 6.76. The molecule has 0 radical (unpaired) electrons. The molecule has 0 bridgehead atoms. The van der Waals surface area contributed by atoms with Gasteiger partial charge in [0.1, 0.15) is 5.82 Å². The van der Waals surface area contributed by atoms with E-state index >= 15 is 0 Å². The third-order valence-electron chi connectivity index (χ3n) is 7.11. The summed E-state index contributed by atoms with van der Waals surface area (Å²) in [6.45, 7) is 0.550.